The molecule has 172 valence electrons. The number of hydrogen-bond donors (Lipinski definition) is 1. The second-order valence-electron chi connectivity index (χ2n) is 8.64. The van der Waals surface area contributed by atoms with Crippen LogP contribution in [-0.4, -0.2) is 59.6 Å². The zero-order valence-corrected chi connectivity index (χ0v) is 19.5. The van der Waals surface area contributed by atoms with Crippen LogP contribution in [0.15, 0.2) is 59.8 Å². The summed E-state index contributed by atoms with van der Waals surface area (Å²) < 4.78 is 27.6. The molecule has 0 radical (unpaired) electrons. The van der Waals surface area contributed by atoms with E-state index < -0.39 is 21.5 Å². The minimum Gasteiger partial charge on any atom is -0.354 e. The zero-order valence-electron chi connectivity index (χ0n) is 18.7. The third-order valence-electron chi connectivity index (χ3n) is 5.63. The van der Waals surface area contributed by atoms with E-state index in [0.717, 1.165) is 16.3 Å². The molecule has 1 atom stereocenters. The Morgan fingerprint density at radius 3 is 2.53 bits per heavy atom. The van der Waals surface area contributed by atoms with Crippen LogP contribution >= 0.6 is 0 Å². The molecule has 2 amide bonds. The van der Waals surface area contributed by atoms with Crippen LogP contribution in [0.2, 0.25) is 0 Å². The normalized spacial score (nSPS) is 19.9. The van der Waals surface area contributed by atoms with Gasteiger partial charge in [0.25, 0.3) is 0 Å². The molecule has 0 spiro atoms. The number of carbonyl (C=O) groups is 2. The van der Waals surface area contributed by atoms with Gasteiger partial charge in [0.05, 0.1) is 11.4 Å². The minimum atomic E-state index is -3.94. The number of hydrogen-bond acceptors (Lipinski definition) is 5. The van der Waals surface area contributed by atoms with Gasteiger partial charge in [-0.25, -0.2) is 8.42 Å². The van der Waals surface area contributed by atoms with Crippen LogP contribution in [0.1, 0.15) is 32.8 Å². The van der Waals surface area contributed by atoms with Crippen molar-refractivity contribution < 1.29 is 18.0 Å². The van der Waals surface area contributed by atoms with Gasteiger partial charge in [0.1, 0.15) is 5.54 Å². The molecular weight excluding hydrogens is 428 g/mol. The van der Waals surface area contributed by atoms with E-state index in [1.165, 1.54) is 17.0 Å². The lowest BCUT2D eigenvalue weighted by Crippen LogP contribution is -2.69. The van der Waals surface area contributed by atoms with Gasteiger partial charge in [-0.05, 0) is 43.0 Å². The van der Waals surface area contributed by atoms with Gasteiger partial charge in [-0.2, -0.15) is 4.31 Å². The van der Waals surface area contributed by atoms with Crippen molar-refractivity contribution in [2.45, 2.75) is 44.2 Å². The first kappa shape index (κ1) is 23.9. The SMILES string of the molecule is CC(C)CCNC(=O)[C@@]1(C)CN(S(=O)(=O)c2ccccc2)CC(=O)N1Cc1cccnc1. The fourth-order valence-electron chi connectivity index (χ4n) is 3.70. The van der Waals surface area contributed by atoms with Crippen molar-refractivity contribution in [2.24, 2.45) is 5.92 Å². The Balaban J connectivity index is 1.93. The smallest absolute Gasteiger partial charge is 0.247 e. The topological polar surface area (TPSA) is 99.7 Å². The number of piperazine rings is 1. The van der Waals surface area contributed by atoms with Crippen LogP contribution in [0.5, 0.6) is 0 Å². The molecule has 9 heteroatoms. The highest BCUT2D eigenvalue weighted by Crippen LogP contribution is 2.29. The van der Waals surface area contributed by atoms with Crippen molar-refractivity contribution in [3.63, 3.8) is 0 Å². The molecule has 8 nitrogen and oxygen atoms in total. The van der Waals surface area contributed by atoms with Crippen LogP contribution in [0.25, 0.3) is 0 Å². The van der Waals surface area contributed by atoms with Gasteiger partial charge < -0.3 is 10.2 Å². The number of carbonyl (C=O) groups excluding carboxylic acids is 2. The van der Waals surface area contributed by atoms with Gasteiger partial charge in [0.2, 0.25) is 21.8 Å². The number of amides is 2. The van der Waals surface area contributed by atoms with Crippen molar-refractivity contribution in [3.8, 4) is 0 Å². The molecule has 2 heterocycles. The number of rotatable bonds is 8. The van der Waals surface area contributed by atoms with E-state index in [2.05, 4.69) is 24.1 Å². The summed E-state index contributed by atoms with van der Waals surface area (Å²) >= 11 is 0. The van der Waals surface area contributed by atoms with Crippen LogP contribution < -0.4 is 5.32 Å². The van der Waals surface area contributed by atoms with E-state index in [9.17, 15) is 18.0 Å². The molecule has 1 N–H and O–H groups in total. The van der Waals surface area contributed by atoms with Crippen molar-refractivity contribution in [3.05, 3.63) is 60.4 Å². The van der Waals surface area contributed by atoms with E-state index in [1.807, 2.05) is 6.07 Å². The Kier molecular flexibility index (Phi) is 7.30. The number of nitrogens with zero attached hydrogens (tertiary/aromatic N) is 3. The number of benzene rings is 1. The summed E-state index contributed by atoms with van der Waals surface area (Å²) in [6, 6.07) is 11.5. The summed E-state index contributed by atoms with van der Waals surface area (Å²) in [7, 11) is -3.94. The van der Waals surface area contributed by atoms with Crippen LogP contribution in [0.4, 0.5) is 0 Å². The lowest BCUT2D eigenvalue weighted by atomic mass is 9.94. The summed E-state index contributed by atoms with van der Waals surface area (Å²) in [4.78, 5) is 32.2. The third kappa shape index (κ3) is 5.16. The average Bonchev–Trinajstić information content (AvgIpc) is 2.77. The standard InChI is InChI=1S/C23H30N4O4S/c1-18(2)11-13-25-22(29)23(3)17-26(32(30,31)20-9-5-4-6-10-20)16-21(28)27(23)15-19-8-7-12-24-14-19/h4-10,12,14,18H,11,13,15-17H2,1-3H3,(H,25,29)/t23-/m1/s1. The van der Waals surface area contributed by atoms with Crippen LogP contribution in [-0.2, 0) is 26.2 Å². The first-order valence-corrected chi connectivity index (χ1v) is 12.1. The molecule has 0 unspecified atom stereocenters. The van der Waals surface area contributed by atoms with Crippen molar-refractivity contribution in [1.29, 1.82) is 0 Å². The molecular formula is C23H30N4O4S. The Morgan fingerprint density at radius 2 is 1.91 bits per heavy atom. The summed E-state index contributed by atoms with van der Waals surface area (Å²) in [6.07, 6.45) is 4.05. The van der Waals surface area contributed by atoms with Gasteiger partial charge >= 0.3 is 0 Å². The molecule has 2 aromatic rings. The van der Waals surface area contributed by atoms with Crippen LogP contribution in [0, 0.1) is 5.92 Å². The molecule has 32 heavy (non-hydrogen) atoms. The lowest BCUT2D eigenvalue weighted by Gasteiger charge is -2.46. The second-order valence-corrected chi connectivity index (χ2v) is 10.6. The molecule has 0 bridgehead atoms. The molecule has 0 saturated carbocycles. The van der Waals surface area contributed by atoms with Crippen molar-refractivity contribution >= 4 is 21.8 Å². The largest absolute Gasteiger partial charge is 0.354 e. The molecule has 1 fully saturated rings. The first-order chi connectivity index (χ1) is 15.1. The summed E-state index contributed by atoms with van der Waals surface area (Å²) in [5.74, 6) is -0.401. The van der Waals surface area contributed by atoms with Crippen LogP contribution in [0.3, 0.4) is 0 Å². The van der Waals surface area contributed by atoms with E-state index in [4.69, 9.17) is 0 Å². The summed E-state index contributed by atoms with van der Waals surface area (Å²) in [6.45, 7) is 5.89. The molecule has 3 rings (SSSR count). The van der Waals surface area contributed by atoms with Crippen molar-refractivity contribution in [1.82, 2.24) is 19.5 Å². The summed E-state index contributed by atoms with van der Waals surface area (Å²) in [5.41, 5.74) is -0.606. The Morgan fingerprint density at radius 1 is 1.19 bits per heavy atom. The highest BCUT2D eigenvalue weighted by atomic mass is 32.2. The fraction of sp³-hybridized carbons (Fsp3) is 0.435. The lowest BCUT2D eigenvalue weighted by molar-refractivity contribution is -0.153. The van der Waals surface area contributed by atoms with Gasteiger partial charge in [0.15, 0.2) is 0 Å². The van der Waals surface area contributed by atoms with E-state index in [-0.39, 0.29) is 30.4 Å². The predicted molar refractivity (Wildman–Crippen MR) is 121 cm³/mol. The Hall–Kier alpha value is -2.78. The highest BCUT2D eigenvalue weighted by Gasteiger charge is 2.50. The quantitative estimate of drug-likeness (QED) is 0.653. The molecule has 1 aromatic carbocycles. The Bertz CT molecular complexity index is 1040. The number of pyridine rings is 1. The maximum Gasteiger partial charge on any atom is 0.247 e. The second kappa shape index (κ2) is 9.79. The Labute approximate surface area is 189 Å². The highest BCUT2D eigenvalue weighted by molar-refractivity contribution is 7.89. The molecule has 1 aliphatic rings. The third-order valence-corrected chi connectivity index (χ3v) is 7.44. The molecule has 1 saturated heterocycles. The van der Waals surface area contributed by atoms with Crippen molar-refractivity contribution in [2.75, 3.05) is 19.6 Å². The van der Waals surface area contributed by atoms with E-state index in [0.29, 0.717) is 12.5 Å². The average molecular weight is 459 g/mol. The fourth-order valence-corrected chi connectivity index (χ4v) is 5.20. The van der Waals surface area contributed by atoms with Gasteiger partial charge in [-0.1, -0.05) is 38.1 Å². The monoisotopic (exact) mass is 458 g/mol. The first-order valence-electron chi connectivity index (χ1n) is 10.7. The van der Waals surface area contributed by atoms with Gasteiger partial charge in [-0.15, -0.1) is 0 Å². The number of aromatic nitrogens is 1. The zero-order chi connectivity index (χ0) is 23.4. The van der Waals surface area contributed by atoms with Gasteiger partial charge in [-0.3, -0.25) is 14.6 Å². The maximum atomic E-state index is 13.3. The maximum absolute atomic E-state index is 13.3. The minimum absolute atomic E-state index is 0.0936. The number of nitrogens with one attached hydrogen (secondary N) is 1. The predicted octanol–water partition coefficient (Wildman–Crippen LogP) is 2.04. The summed E-state index contributed by atoms with van der Waals surface area (Å²) in [5, 5.41) is 2.90. The van der Waals surface area contributed by atoms with E-state index >= 15 is 0 Å². The van der Waals surface area contributed by atoms with E-state index in [1.54, 1.807) is 43.6 Å². The van der Waals surface area contributed by atoms with Gasteiger partial charge in [0, 0.05) is 32.0 Å². The molecule has 1 aliphatic heterocycles. The number of sulfonamides is 1. The molecule has 0 aliphatic carbocycles. The molecule has 1 aromatic heterocycles.